The van der Waals surface area contributed by atoms with Crippen LogP contribution in [-0.4, -0.2) is 27.3 Å². The van der Waals surface area contributed by atoms with Gasteiger partial charge in [0, 0.05) is 29.0 Å². The molecule has 6 heteroatoms. The molecule has 0 spiro atoms. The standard InChI is InChI=1S/C21H24N2O4/c1-14-19(23-18-7-5-4-6-17(18)20(14)24)13-27-16-10-15(11-22-12-16)26-9-8-21(2,3)25/h4-7,10-12,25H,8-9,13H2,1-3H3,(H,23,24). The van der Waals surface area contributed by atoms with Gasteiger partial charge in [-0.05, 0) is 32.9 Å². The number of hydrogen-bond donors (Lipinski definition) is 2. The number of aromatic nitrogens is 2. The minimum atomic E-state index is -0.777. The van der Waals surface area contributed by atoms with E-state index >= 15 is 0 Å². The van der Waals surface area contributed by atoms with Crippen molar-refractivity contribution in [3.8, 4) is 11.5 Å². The average molecular weight is 368 g/mol. The lowest BCUT2D eigenvalue weighted by Gasteiger charge is -2.17. The highest BCUT2D eigenvalue weighted by atomic mass is 16.5. The van der Waals surface area contributed by atoms with Crippen molar-refractivity contribution in [2.75, 3.05) is 6.61 Å². The minimum Gasteiger partial charge on any atom is -0.492 e. The molecule has 3 aromatic rings. The zero-order valence-corrected chi connectivity index (χ0v) is 15.8. The van der Waals surface area contributed by atoms with Crippen molar-refractivity contribution in [3.05, 3.63) is 64.2 Å². The first kappa shape index (κ1) is 18.9. The Morgan fingerprint density at radius 3 is 2.59 bits per heavy atom. The number of ether oxygens (including phenoxy) is 2. The van der Waals surface area contributed by atoms with Crippen LogP contribution in [-0.2, 0) is 6.61 Å². The lowest BCUT2D eigenvalue weighted by atomic mass is 10.1. The van der Waals surface area contributed by atoms with Gasteiger partial charge < -0.3 is 19.6 Å². The predicted molar refractivity (Wildman–Crippen MR) is 104 cm³/mol. The van der Waals surface area contributed by atoms with Gasteiger partial charge in [0.1, 0.15) is 18.1 Å². The summed E-state index contributed by atoms with van der Waals surface area (Å²) < 4.78 is 11.4. The van der Waals surface area contributed by atoms with E-state index in [1.54, 1.807) is 39.2 Å². The molecule has 2 aromatic heterocycles. The number of nitrogens with one attached hydrogen (secondary N) is 1. The van der Waals surface area contributed by atoms with Gasteiger partial charge >= 0.3 is 0 Å². The molecule has 2 heterocycles. The molecular weight excluding hydrogens is 344 g/mol. The zero-order valence-electron chi connectivity index (χ0n) is 15.8. The largest absolute Gasteiger partial charge is 0.492 e. The van der Waals surface area contributed by atoms with Gasteiger partial charge in [-0.15, -0.1) is 0 Å². The van der Waals surface area contributed by atoms with E-state index in [4.69, 9.17) is 9.47 Å². The molecule has 0 saturated carbocycles. The molecule has 0 atom stereocenters. The van der Waals surface area contributed by atoms with Crippen LogP contribution in [0.5, 0.6) is 11.5 Å². The summed E-state index contributed by atoms with van der Waals surface area (Å²) in [5.41, 5.74) is 1.38. The highest BCUT2D eigenvalue weighted by Gasteiger charge is 2.12. The van der Waals surface area contributed by atoms with Crippen molar-refractivity contribution < 1.29 is 14.6 Å². The minimum absolute atomic E-state index is 0.00442. The number of pyridine rings is 2. The van der Waals surface area contributed by atoms with Crippen LogP contribution in [0.4, 0.5) is 0 Å². The summed E-state index contributed by atoms with van der Waals surface area (Å²) in [5, 5.41) is 10.4. The Kier molecular flexibility index (Phi) is 5.46. The van der Waals surface area contributed by atoms with Gasteiger partial charge in [-0.2, -0.15) is 0 Å². The first-order valence-electron chi connectivity index (χ1n) is 8.87. The van der Waals surface area contributed by atoms with Gasteiger partial charge in [0.2, 0.25) is 0 Å². The van der Waals surface area contributed by atoms with Crippen LogP contribution in [0.15, 0.2) is 47.5 Å². The van der Waals surface area contributed by atoms with Gasteiger partial charge in [0.15, 0.2) is 5.43 Å². The van der Waals surface area contributed by atoms with Crippen LogP contribution in [0, 0.1) is 6.92 Å². The first-order valence-corrected chi connectivity index (χ1v) is 8.87. The highest BCUT2D eigenvalue weighted by Crippen LogP contribution is 2.20. The van der Waals surface area contributed by atoms with Gasteiger partial charge in [-0.3, -0.25) is 9.78 Å². The van der Waals surface area contributed by atoms with Crippen molar-refractivity contribution in [2.45, 2.75) is 39.4 Å². The molecule has 6 nitrogen and oxygen atoms in total. The fraction of sp³-hybridized carbons (Fsp3) is 0.333. The molecule has 0 aliphatic heterocycles. The maximum absolute atomic E-state index is 12.5. The number of hydrogen-bond acceptors (Lipinski definition) is 5. The van der Waals surface area contributed by atoms with Crippen LogP contribution >= 0.6 is 0 Å². The summed E-state index contributed by atoms with van der Waals surface area (Å²) in [6.07, 6.45) is 3.70. The smallest absolute Gasteiger partial charge is 0.192 e. The third-order valence-electron chi connectivity index (χ3n) is 4.30. The topological polar surface area (TPSA) is 84.4 Å². The van der Waals surface area contributed by atoms with Crippen LogP contribution in [0.1, 0.15) is 31.5 Å². The van der Waals surface area contributed by atoms with Gasteiger partial charge in [0.05, 0.1) is 30.3 Å². The molecule has 0 aliphatic rings. The molecule has 27 heavy (non-hydrogen) atoms. The van der Waals surface area contributed by atoms with Crippen molar-refractivity contribution >= 4 is 10.9 Å². The monoisotopic (exact) mass is 368 g/mol. The Bertz CT molecular complexity index is 989. The molecule has 0 bridgehead atoms. The van der Waals surface area contributed by atoms with Crippen LogP contribution in [0.25, 0.3) is 10.9 Å². The number of aromatic amines is 1. The third-order valence-corrected chi connectivity index (χ3v) is 4.30. The molecule has 2 N–H and O–H groups in total. The van der Waals surface area contributed by atoms with Crippen LogP contribution in [0.2, 0.25) is 0 Å². The van der Waals surface area contributed by atoms with Gasteiger partial charge in [-0.1, -0.05) is 12.1 Å². The number of benzene rings is 1. The second-order valence-electron chi connectivity index (χ2n) is 7.16. The van der Waals surface area contributed by atoms with Crippen LogP contribution < -0.4 is 14.9 Å². The van der Waals surface area contributed by atoms with E-state index in [9.17, 15) is 9.90 Å². The summed E-state index contributed by atoms with van der Waals surface area (Å²) in [7, 11) is 0. The maximum Gasteiger partial charge on any atom is 0.192 e. The SMILES string of the molecule is Cc1c(COc2cncc(OCCC(C)(C)O)c2)[nH]c2ccccc2c1=O. The van der Waals surface area contributed by atoms with Crippen LogP contribution in [0.3, 0.4) is 0 Å². The van der Waals surface area contributed by atoms with E-state index < -0.39 is 5.60 Å². The molecule has 0 aliphatic carbocycles. The van der Waals surface area contributed by atoms with Crippen molar-refractivity contribution in [1.29, 1.82) is 0 Å². The summed E-state index contributed by atoms with van der Waals surface area (Å²) in [6.45, 7) is 5.87. The molecule has 0 amide bonds. The normalized spacial score (nSPS) is 11.6. The Balaban J connectivity index is 1.70. The number of rotatable bonds is 7. The zero-order chi connectivity index (χ0) is 19.4. The summed E-state index contributed by atoms with van der Waals surface area (Å²) >= 11 is 0. The van der Waals surface area contributed by atoms with Crippen molar-refractivity contribution in [3.63, 3.8) is 0 Å². The van der Waals surface area contributed by atoms with E-state index in [0.29, 0.717) is 35.5 Å². The number of H-pyrrole nitrogens is 1. The highest BCUT2D eigenvalue weighted by molar-refractivity contribution is 5.79. The molecule has 0 saturated heterocycles. The van der Waals surface area contributed by atoms with E-state index in [1.165, 1.54) is 0 Å². The van der Waals surface area contributed by atoms with Crippen molar-refractivity contribution in [2.24, 2.45) is 0 Å². The Morgan fingerprint density at radius 1 is 1.15 bits per heavy atom. The molecule has 142 valence electrons. The molecule has 0 fully saturated rings. The second-order valence-corrected chi connectivity index (χ2v) is 7.16. The molecule has 0 radical (unpaired) electrons. The lowest BCUT2D eigenvalue weighted by molar-refractivity contribution is 0.0552. The van der Waals surface area contributed by atoms with E-state index in [2.05, 4.69) is 9.97 Å². The van der Waals surface area contributed by atoms with Crippen molar-refractivity contribution in [1.82, 2.24) is 9.97 Å². The fourth-order valence-electron chi connectivity index (χ4n) is 2.66. The molecule has 3 rings (SSSR count). The summed E-state index contributed by atoms with van der Waals surface area (Å²) in [4.78, 5) is 19.9. The first-order chi connectivity index (χ1) is 12.8. The summed E-state index contributed by atoms with van der Waals surface area (Å²) in [5.74, 6) is 1.12. The average Bonchev–Trinajstić information content (AvgIpc) is 2.63. The predicted octanol–water partition coefficient (Wildman–Crippen LogP) is 3.35. The number of nitrogens with zero attached hydrogens (tertiary/aromatic N) is 1. The number of aliphatic hydroxyl groups is 1. The Labute approximate surface area is 157 Å². The van der Waals surface area contributed by atoms with E-state index in [1.807, 2.05) is 24.3 Å². The number of fused-ring (bicyclic) bond motifs is 1. The second kappa shape index (κ2) is 7.80. The van der Waals surface area contributed by atoms with E-state index in [-0.39, 0.29) is 12.0 Å². The van der Waals surface area contributed by atoms with Gasteiger partial charge in [-0.25, -0.2) is 0 Å². The summed E-state index contributed by atoms with van der Waals surface area (Å²) in [6, 6.07) is 9.16. The lowest BCUT2D eigenvalue weighted by Crippen LogP contribution is -2.21. The maximum atomic E-state index is 12.5. The fourth-order valence-corrected chi connectivity index (χ4v) is 2.66. The quantitative estimate of drug-likeness (QED) is 0.668. The number of para-hydroxylation sites is 1. The third kappa shape index (κ3) is 4.86. The Morgan fingerprint density at radius 2 is 1.85 bits per heavy atom. The van der Waals surface area contributed by atoms with E-state index in [0.717, 1.165) is 11.2 Å². The Hall–Kier alpha value is -2.86. The molecular formula is C21H24N2O4. The van der Waals surface area contributed by atoms with Gasteiger partial charge in [0.25, 0.3) is 0 Å². The molecule has 0 unspecified atom stereocenters. The molecule has 1 aromatic carbocycles.